The molecule has 2 aromatic heterocycles. The fraction of sp³-hybridized carbons (Fsp3) is 0.577. The van der Waals surface area contributed by atoms with Crippen LogP contribution in [0.3, 0.4) is 0 Å². The average Bonchev–Trinajstić information content (AvgIpc) is 3.46. The lowest BCUT2D eigenvalue weighted by atomic mass is 9.76. The molecule has 0 aromatic carbocycles. The first-order chi connectivity index (χ1) is 17.9. The van der Waals surface area contributed by atoms with Gasteiger partial charge in [-0.1, -0.05) is 24.9 Å². The number of methoxy groups -OCH3 is 1. The van der Waals surface area contributed by atoms with E-state index in [2.05, 4.69) is 33.0 Å². The molecule has 1 unspecified atom stereocenters. The summed E-state index contributed by atoms with van der Waals surface area (Å²) in [5.41, 5.74) is 1.47. The Kier molecular flexibility index (Phi) is 7.25. The molecule has 198 valence electrons. The van der Waals surface area contributed by atoms with Crippen LogP contribution in [0.15, 0.2) is 23.0 Å². The molecular formula is C26H33N5O6. The number of rotatable bonds is 7. The van der Waals surface area contributed by atoms with Crippen molar-refractivity contribution in [3.63, 3.8) is 0 Å². The SMILES string of the molecule is COCc1nocc1C(=O)NC(C(=O)Nc1cc2c(cn1)C1(CCOCC1)C(=O)N2)C1CCC(C)CC1. The van der Waals surface area contributed by atoms with Crippen molar-refractivity contribution in [1.82, 2.24) is 15.5 Å². The monoisotopic (exact) mass is 511 g/mol. The second kappa shape index (κ2) is 10.6. The van der Waals surface area contributed by atoms with Gasteiger partial charge in [-0.15, -0.1) is 0 Å². The molecule has 3 amide bonds. The highest BCUT2D eigenvalue weighted by atomic mass is 16.5. The van der Waals surface area contributed by atoms with Crippen LogP contribution in [0.25, 0.3) is 0 Å². The van der Waals surface area contributed by atoms with Crippen LogP contribution in [-0.4, -0.2) is 54.2 Å². The second-order valence-electron chi connectivity index (χ2n) is 10.3. The molecule has 1 atom stereocenters. The highest BCUT2D eigenvalue weighted by molar-refractivity contribution is 6.07. The molecule has 2 aliphatic heterocycles. The Balaban J connectivity index is 1.35. The Bertz CT molecular complexity index is 1170. The van der Waals surface area contributed by atoms with Crippen molar-refractivity contribution in [2.75, 3.05) is 31.0 Å². The topological polar surface area (TPSA) is 145 Å². The first kappa shape index (κ1) is 25.3. The molecule has 3 N–H and O–H groups in total. The van der Waals surface area contributed by atoms with E-state index in [4.69, 9.17) is 14.0 Å². The van der Waals surface area contributed by atoms with E-state index in [-0.39, 0.29) is 29.9 Å². The first-order valence-corrected chi connectivity index (χ1v) is 12.8. The minimum atomic E-state index is -0.767. The van der Waals surface area contributed by atoms with Crippen molar-refractivity contribution in [1.29, 1.82) is 0 Å². The number of carbonyl (C=O) groups is 3. The number of hydrogen-bond acceptors (Lipinski definition) is 8. The Labute approximate surface area is 215 Å². The minimum absolute atomic E-state index is 0.0227. The lowest BCUT2D eigenvalue weighted by Crippen LogP contribution is -2.49. The van der Waals surface area contributed by atoms with Crippen LogP contribution in [0.5, 0.6) is 0 Å². The summed E-state index contributed by atoms with van der Waals surface area (Å²) in [7, 11) is 1.51. The van der Waals surface area contributed by atoms with Gasteiger partial charge in [0.25, 0.3) is 5.91 Å². The first-order valence-electron chi connectivity index (χ1n) is 12.8. The zero-order chi connectivity index (χ0) is 26.0. The number of aromatic nitrogens is 2. The minimum Gasteiger partial charge on any atom is -0.381 e. The number of nitrogens with one attached hydrogen (secondary N) is 3. The standard InChI is InChI=1S/C26H33N5O6/c1-15-3-5-16(6-4-15)22(30-23(32)17-13-37-31-20(17)14-35-2)24(33)29-21-11-19-18(12-27-21)26(25(34)28-19)7-9-36-10-8-26/h11-13,15-16,22H,3-10,14H2,1-2H3,(H,28,34)(H,30,32)(H,27,29,33). The summed E-state index contributed by atoms with van der Waals surface area (Å²) in [6.07, 6.45) is 7.75. The van der Waals surface area contributed by atoms with Gasteiger partial charge in [0.05, 0.1) is 17.7 Å². The molecular weight excluding hydrogens is 478 g/mol. The Morgan fingerprint density at radius 3 is 2.73 bits per heavy atom. The van der Waals surface area contributed by atoms with Gasteiger partial charge in [0.2, 0.25) is 11.8 Å². The summed E-state index contributed by atoms with van der Waals surface area (Å²) in [5.74, 6) is 0.0322. The van der Waals surface area contributed by atoms with Crippen molar-refractivity contribution in [3.05, 3.63) is 35.3 Å². The molecule has 3 aliphatic rings. The molecule has 1 aliphatic carbocycles. The third-order valence-corrected chi connectivity index (χ3v) is 7.97. The Morgan fingerprint density at radius 2 is 2.00 bits per heavy atom. The van der Waals surface area contributed by atoms with E-state index in [0.29, 0.717) is 49.2 Å². The summed E-state index contributed by atoms with van der Waals surface area (Å²) >= 11 is 0. The van der Waals surface area contributed by atoms with E-state index in [1.807, 2.05) is 0 Å². The van der Waals surface area contributed by atoms with Crippen LogP contribution < -0.4 is 16.0 Å². The number of ether oxygens (including phenoxy) is 2. The van der Waals surface area contributed by atoms with Crippen LogP contribution in [0.2, 0.25) is 0 Å². The van der Waals surface area contributed by atoms with E-state index < -0.39 is 17.4 Å². The highest BCUT2D eigenvalue weighted by Gasteiger charge is 2.48. The predicted octanol–water partition coefficient (Wildman–Crippen LogP) is 2.78. The summed E-state index contributed by atoms with van der Waals surface area (Å²) in [6.45, 7) is 3.36. The number of anilines is 2. The number of hydrogen-bond donors (Lipinski definition) is 3. The van der Waals surface area contributed by atoms with Crippen molar-refractivity contribution in [2.24, 2.45) is 11.8 Å². The van der Waals surface area contributed by atoms with E-state index in [1.54, 1.807) is 12.3 Å². The van der Waals surface area contributed by atoms with E-state index in [0.717, 1.165) is 31.2 Å². The van der Waals surface area contributed by atoms with Gasteiger partial charge >= 0.3 is 0 Å². The van der Waals surface area contributed by atoms with Crippen LogP contribution in [0, 0.1) is 11.8 Å². The highest BCUT2D eigenvalue weighted by Crippen LogP contribution is 2.44. The quantitative estimate of drug-likeness (QED) is 0.515. The molecule has 37 heavy (non-hydrogen) atoms. The maximum atomic E-state index is 13.5. The fourth-order valence-electron chi connectivity index (χ4n) is 5.71. The summed E-state index contributed by atoms with van der Waals surface area (Å²) in [5, 5.41) is 12.6. The van der Waals surface area contributed by atoms with Crippen molar-refractivity contribution in [3.8, 4) is 0 Å². The van der Waals surface area contributed by atoms with Crippen molar-refractivity contribution >= 4 is 29.2 Å². The number of fused-ring (bicyclic) bond motifs is 2. The van der Waals surface area contributed by atoms with Crippen LogP contribution in [-0.2, 0) is 31.1 Å². The van der Waals surface area contributed by atoms with Crippen molar-refractivity contribution in [2.45, 2.75) is 63.5 Å². The maximum absolute atomic E-state index is 13.5. The van der Waals surface area contributed by atoms with Gasteiger partial charge in [0, 0.05) is 38.2 Å². The lowest BCUT2D eigenvalue weighted by Gasteiger charge is -2.32. The molecule has 0 radical (unpaired) electrons. The van der Waals surface area contributed by atoms with Gasteiger partial charge in [-0.25, -0.2) is 4.98 Å². The Hall–Kier alpha value is -3.31. The summed E-state index contributed by atoms with van der Waals surface area (Å²) in [4.78, 5) is 44.0. The molecule has 5 rings (SSSR count). The largest absolute Gasteiger partial charge is 0.381 e. The molecule has 11 heteroatoms. The zero-order valence-corrected chi connectivity index (χ0v) is 21.2. The molecule has 1 saturated carbocycles. The zero-order valence-electron chi connectivity index (χ0n) is 21.2. The van der Waals surface area contributed by atoms with Crippen LogP contribution in [0.4, 0.5) is 11.5 Å². The summed E-state index contributed by atoms with van der Waals surface area (Å²) in [6, 6.07) is 0.921. The number of pyridine rings is 1. The smallest absolute Gasteiger partial charge is 0.257 e. The number of amides is 3. The van der Waals surface area contributed by atoms with Gasteiger partial charge in [0.1, 0.15) is 29.4 Å². The van der Waals surface area contributed by atoms with Crippen LogP contribution >= 0.6 is 0 Å². The lowest BCUT2D eigenvalue weighted by molar-refractivity contribution is -0.124. The average molecular weight is 512 g/mol. The maximum Gasteiger partial charge on any atom is 0.257 e. The number of nitrogens with zero attached hydrogens (tertiary/aromatic N) is 2. The van der Waals surface area contributed by atoms with Crippen molar-refractivity contribution < 1.29 is 28.4 Å². The molecule has 1 spiro atoms. The Morgan fingerprint density at radius 1 is 1.24 bits per heavy atom. The van der Waals surface area contributed by atoms with Gasteiger partial charge in [-0.2, -0.15) is 0 Å². The molecule has 4 heterocycles. The summed E-state index contributed by atoms with van der Waals surface area (Å²) < 4.78 is 15.5. The molecule has 1 saturated heterocycles. The van der Waals surface area contributed by atoms with Gasteiger partial charge in [-0.3, -0.25) is 14.4 Å². The van der Waals surface area contributed by atoms with E-state index >= 15 is 0 Å². The molecule has 2 aromatic rings. The molecule has 0 bridgehead atoms. The third kappa shape index (κ3) is 4.97. The fourth-order valence-corrected chi connectivity index (χ4v) is 5.71. The van der Waals surface area contributed by atoms with Gasteiger partial charge in [0.15, 0.2) is 0 Å². The molecule has 2 fully saturated rings. The van der Waals surface area contributed by atoms with Gasteiger partial charge < -0.3 is 29.9 Å². The van der Waals surface area contributed by atoms with Gasteiger partial charge in [-0.05, 0) is 37.5 Å². The van der Waals surface area contributed by atoms with E-state index in [1.165, 1.54) is 13.4 Å². The normalized spacial score (nSPS) is 23.2. The van der Waals surface area contributed by atoms with E-state index in [9.17, 15) is 14.4 Å². The third-order valence-electron chi connectivity index (χ3n) is 7.97. The molecule has 11 nitrogen and oxygen atoms in total. The second-order valence-corrected chi connectivity index (χ2v) is 10.3. The van der Waals surface area contributed by atoms with Crippen LogP contribution in [0.1, 0.15) is 67.1 Å². The number of carbonyl (C=O) groups excluding carboxylic acids is 3. The predicted molar refractivity (Wildman–Crippen MR) is 133 cm³/mol.